The highest BCUT2D eigenvalue weighted by atomic mass is 35.5. The largest absolute Gasteiger partial charge is 0.318 e. The van der Waals surface area contributed by atoms with Gasteiger partial charge in [-0.1, -0.05) is 29.3 Å². The van der Waals surface area contributed by atoms with Crippen molar-refractivity contribution in [2.24, 2.45) is 0 Å². The second kappa shape index (κ2) is 7.33. The van der Waals surface area contributed by atoms with Gasteiger partial charge in [-0.3, -0.25) is 9.59 Å². The highest BCUT2D eigenvalue weighted by molar-refractivity contribution is 6.41. The van der Waals surface area contributed by atoms with E-state index in [0.717, 1.165) is 21.8 Å². The van der Waals surface area contributed by atoms with Crippen molar-refractivity contribution in [2.75, 3.05) is 0 Å². The Hall–Kier alpha value is -2.37. The Morgan fingerprint density at radius 2 is 1.78 bits per heavy atom. The summed E-state index contributed by atoms with van der Waals surface area (Å²) in [6.07, 6.45) is 1.26. The SMILES string of the molecule is Cc1ccc(-n2c(C)cc(C(=O)Cn3ncc(Cl)c(Cl)c3=O)c2C)cc1C. The summed E-state index contributed by atoms with van der Waals surface area (Å²) >= 11 is 11.6. The van der Waals surface area contributed by atoms with Crippen molar-refractivity contribution in [3.05, 3.63) is 78.9 Å². The second-order valence-corrected chi connectivity index (χ2v) is 7.37. The summed E-state index contributed by atoms with van der Waals surface area (Å²) in [6.45, 7) is 7.75. The molecule has 0 aliphatic heterocycles. The fourth-order valence-corrected chi connectivity index (χ4v) is 3.36. The topological polar surface area (TPSA) is 56.9 Å². The lowest BCUT2D eigenvalue weighted by Crippen LogP contribution is -2.27. The molecule has 1 aromatic carbocycles. The minimum atomic E-state index is -0.583. The summed E-state index contributed by atoms with van der Waals surface area (Å²) in [5.41, 5.74) is 5.10. The number of benzene rings is 1. The Balaban J connectivity index is 1.99. The van der Waals surface area contributed by atoms with Gasteiger partial charge in [0, 0.05) is 22.6 Å². The van der Waals surface area contributed by atoms with E-state index in [1.807, 2.05) is 30.5 Å². The molecular formula is C20H19Cl2N3O2. The molecule has 0 aliphatic carbocycles. The Kier molecular flexibility index (Phi) is 5.27. The number of carbonyl (C=O) groups excluding carboxylic acids is 1. The maximum atomic E-state index is 12.8. The van der Waals surface area contributed by atoms with Crippen LogP contribution in [-0.4, -0.2) is 20.1 Å². The number of ketones is 1. The van der Waals surface area contributed by atoms with Crippen LogP contribution >= 0.6 is 23.2 Å². The molecule has 0 saturated carbocycles. The van der Waals surface area contributed by atoms with Crippen LogP contribution in [0.25, 0.3) is 5.69 Å². The molecule has 0 radical (unpaired) electrons. The lowest BCUT2D eigenvalue weighted by Gasteiger charge is -2.12. The highest BCUT2D eigenvalue weighted by Crippen LogP contribution is 2.23. The number of hydrogen-bond acceptors (Lipinski definition) is 3. The van der Waals surface area contributed by atoms with Gasteiger partial charge in [-0.2, -0.15) is 5.10 Å². The first kappa shape index (κ1) is 19.4. The fraction of sp³-hybridized carbons (Fsp3) is 0.250. The molecule has 5 nitrogen and oxygen atoms in total. The fourth-order valence-electron chi connectivity index (χ4n) is 3.09. The molecule has 0 fully saturated rings. The van der Waals surface area contributed by atoms with Gasteiger partial charge < -0.3 is 4.57 Å². The number of rotatable bonds is 4. The Morgan fingerprint density at radius 1 is 1.07 bits per heavy atom. The smallest absolute Gasteiger partial charge is 0.287 e. The zero-order valence-corrected chi connectivity index (χ0v) is 17.0. The van der Waals surface area contributed by atoms with Crippen LogP contribution in [0.2, 0.25) is 10.0 Å². The van der Waals surface area contributed by atoms with Gasteiger partial charge in [-0.05, 0) is 57.0 Å². The van der Waals surface area contributed by atoms with Crippen LogP contribution in [0.5, 0.6) is 0 Å². The van der Waals surface area contributed by atoms with Crippen molar-refractivity contribution in [1.82, 2.24) is 14.3 Å². The van der Waals surface area contributed by atoms with Gasteiger partial charge in [0.05, 0.1) is 11.2 Å². The van der Waals surface area contributed by atoms with E-state index in [1.54, 1.807) is 0 Å². The molecule has 0 unspecified atom stereocenters. The summed E-state index contributed by atoms with van der Waals surface area (Å²) < 4.78 is 3.06. The van der Waals surface area contributed by atoms with Gasteiger partial charge in [-0.25, -0.2) is 4.68 Å². The number of nitrogens with zero attached hydrogens (tertiary/aromatic N) is 3. The quantitative estimate of drug-likeness (QED) is 0.604. The summed E-state index contributed by atoms with van der Waals surface area (Å²) in [7, 11) is 0. The maximum absolute atomic E-state index is 12.8. The minimum Gasteiger partial charge on any atom is -0.318 e. The number of hydrogen-bond donors (Lipinski definition) is 0. The molecule has 0 bridgehead atoms. The van der Waals surface area contributed by atoms with E-state index in [-0.39, 0.29) is 22.4 Å². The lowest BCUT2D eigenvalue weighted by atomic mass is 10.1. The molecule has 0 spiro atoms. The highest BCUT2D eigenvalue weighted by Gasteiger charge is 2.19. The van der Waals surface area contributed by atoms with Crippen LogP contribution in [0, 0.1) is 27.7 Å². The van der Waals surface area contributed by atoms with Crippen LogP contribution in [0.1, 0.15) is 32.9 Å². The van der Waals surface area contributed by atoms with Crippen LogP contribution < -0.4 is 5.56 Å². The Morgan fingerprint density at radius 3 is 2.44 bits per heavy atom. The third-order valence-corrected chi connectivity index (χ3v) is 5.46. The van der Waals surface area contributed by atoms with E-state index in [4.69, 9.17) is 23.2 Å². The molecule has 0 saturated heterocycles. The first-order valence-electron chi connectivity index (χ1n) is 8.41. The van der Waals surface area contributed by atoms with Crippen molar-refractivity contribution >= 4 is 29.0 Å². The van der Waals surface area contributed by atoms with E-state index in [9.17, 15) is 9.59 Å². The van der Waals surface area contributed by atoms with E-state index >= 15 is 0 Å². The third kappa shape index (κ3) is 3.57. The molecule has 3 rings (SSSR count). The van der Waals surface area contributed by atoms with E-state index < -0.39 is 5.56 Å². The Labute approximate surface area is 167 Å². The van der Waals surface area contributed by atoms with Gasteiger partial charge in [0.15, 0.2) is 5.78 Å². The molecule has 140 valence electrons. The van der Waals surface area contributed by atoms with E-state index in [1.165, 1.54) is 17.3 Å². The predicted molar refractivity (Wildman–Crippen MR) is 108 cm³/mol. The van der Waals surface area contributed by atoms with Crippen LogP contribution in [-0.2, 0) is 6.54 Å². The first-order valence-corrected chi connectivity index (χ1v) is 9.17. The minimum absolute atomic E-state index is 0.0679. The van der Waals surface area contributed by atoms with Gasteiger partial charge in [0.2, 0.25) is 0 Å². The monoisotopic (exact) mass is 403 g/mol. The standard InChI is InChI=1S/C20H19Cl2N3O2/c1-11-5-6-15(7-12(11)2)25-13(3)8-16(14(25)4)18(26)10-24-20(27)19(22)17(21)9-23-24/h5-9H,10H2,1-4H3. The molecule has 0 amide bonds. The van der Waals surface area contributed by atoms with Crippen molar-refractivity contribution in [3.63, 3.8) is 0 Å². The first-order chi connectivity index (χ1) is 12.7. The molecule has 3 aromatic rings. The molecule has 0 N–H and O–H groups in total. The molecular weight excluding hydrogens is 385 g/mol. The normalized spacial score (nSPS) is 11.0. The van der Waals surface area contributed by atoms with E-state index in [0.29, 0.717) is 5.56 Å². The second-order valence-electron chi connectivity index (χ2n) is 6.58. The van der Waals surface area contributed by atoms with Gasteiger partial charge >= 0.3 is 0 Å². The van der Waals surface area contributed by atoms with E-state index in [2.05, 4.69) is 31.1 Å². The van der Waals surface area contributed by atoms with Crippen LogP contribution in [0.4, 0.5) is 0 Å². The number of carbonyl (C=O) groups is 1. The molecule has 0 atom stereocenters. The number of aryl methyl sites for hydroxylation is 3. The van der Waals surface area contributed by atoms with Crippen molar-refractivity contribution in [3.8, 4) is 5.69 Å². The molecule has 2 aromatic heterocycles. The van der Waals surface area contributed by atoms with Crippen LogP contribution in [0.3, 0.4) is 0 Å². The lowest BCUT2D eigenvalue weighted by molar-refractivity contribution is 0.0965. The molecule has 2 heterocycles. The Bertz CT molecular complexity index is 1110. The number of halogens is 2. The number of aromatic nitrogens is 3. The van der Waals surface area contributed by atoms with Gasteiger partial charge in [0.25, 0.3) is 5.56 Å². The average molecular weight is 404 g/mol. The van der Waals surface area contributed by atoms with Crippen LogP contribution in [0.15, 0.2) is 35.3 Å². The summed E-state index contributed by atoms with van der Waals surface area (Å²) in [6, 6.07) is 8.01. The summed E-state index contributed by atoms with van der Waals surface area (Å²) in [4.78, 5) is 24.9. The van der Waals surface area contributed by atoms with Crippen molar-refractivity contribution in [2.45, 2.75) is 34.2 Å². The average Bonchev–Trinajstić information content (AvgIpc) is 2.92. The third-order valence-electron chi connectivity index (χ3n) is 4.72. The zero-order chi connectivity index (χ0) is 19.9. The van der Waals surface area contributed by atoms with Gasteiger partial charge in [-0.15, -0.1) is 0 Å². The predicted octanol–water partition coefficient (Wildman–Crippen LogP) is 4.46. The summed E-state index contributed by atoms with van der Waals surface area (Å²) in [5, 5.41) is 3.83. The molecule has 27 heavy (non-hydrogen) atoms. The van der Waals surface area contributed by atoms with Crippen molar-refractivity contribution < 1.29 is 4.79 Å². The maximum Gasteiger partial charge on any atom is 0.287 e. The van der Waals surface area contributed by atoms with Crippen molar-refractivity contribution in [1.29, 1.82) is 0 Å². The molecule has 7 heteroatoms. The zero-order valence-electron chi connectivity index (χ0n) is 15.5. The summed E-state index contributed by atoms with van der Waals surface area (Å²) in [5.74, 6) is -0.217. The number of Topliss-reactive ketones (excluding diaryl/α,β-unsaturated/α-hetero) is 1. The molecule has 0 aliphatic rings. The van der Waals surface area contributed by atoms with Gasteiger partial charge in [0.1, 0.15) is 11.6 Å².